The van der Waals surface area contributed by atoms with E-state index in [0.717, 1.165) is 45.3 Å². The number of halogens is 1. The van der Waals surface area contributed by atoms with Crippen LogP contribution in [0.3, 0.4) is 0 Å². The molecule has 0 saturated carbocycles. The molecule has 0 radical (unpaired) electrons. The van der Waals surface area contributed by atoms with Gasteiger partial charge in [0, 0.05) is 22.6 Å². The number of carbonyl (C=O) groups excluding carboxylic acids is 4. The molecule has 8 nitrogen and oxygen atoms in total. The van der Waals surface area contributed by atoms with Gasteiger partial charge in [0.15, 0.2) is 12.4 Å². The fraction of sp³-hybridized carbons (Fsp3) is 0.105. The van der Waals surface area contributed by atoms with E-state index in [1.54, 1.807) is 30.3 Å². The number of pyridine rings is 1. The quantitative estimate of drug-likeness (QED) is 0.0941. The van der Waals surface area contributed by atoms with Crippen molar-refractivity contribution in [2.75, 3.05) is 11.5 Å². The summed E-state index contributed by atoms with van der Waals surface area (Å²) in [5.74, 6) is -1.89. The number of imide groups is 1. The normalized spacial score (nSPS) is 14.8. The maximum atomic E-state index is 13.4. The number of ether oxygens (including phenoxy) is 1. The average Bonchev–Trinajstić information content (AvgIpc) is 3.62. The highest BCUT2D eigenvalue weighted by molar-refractivity contribution is 8.00. The van der Waals surface area contributed by atoms with Crippen molar-refractivity contribution in [3.63, 3.8) is 0 Å². The maximum Gasteiger partial charge on any atom is 0.338 e. The van der Waals surface area contributed by atoms with Gasteiger partial charge in [-0.3, -0.25) is 14.4 Å². The summed E-state index contributed by atoms with van der Waals surface area (Å²) in [6, 6.07) is 32.0. The van der Waals surface area contributed by atoms with Crippen molar-refractivity contribution in [2.24, 2.45) is 0 Å². The lowest BCUT2D eigenvalue weighted by Gasteiger charge is -2.15. The number of anilines is 1. The summed E-state index contributed by atoms with van der Waals surface area (Å²) in [6.07, 6.45) is 0.664. The van der Waals surface area contributed by atoms with Gasteiger partial charge >= 0.3 is 5.97 Å². The molecule has 234 valence electrons. The third kappa shape index (κ3) is 5.99. The molecular weight excluding hydrogens is 646 g/mol. The Morgan fingerprint density at radius 2 is 1.62 bits per heavy atom. The number of aromatic nitrogens is 1. The number of nitriles is 1. The van der Waals surface area contributed by atoms with Crippen LogP contribution in [0.5, 0.6) is 0 Å². The van der Waals surface area contributed by atoms with E-state index >= 15 is 0 Å². The Labute approximate surface area is 284 Å². The minimum atomic E-state index is -0.790. The second kappa shape index (κ2) is 12.9. The molecule has 4 aromatic carbocycles. The van der Waals surface area contributed by atoms with E-state index in [1.807, 2.05) is 36.4 Å². The predicted octanol–water partition coefficient (Wildman–Crippen LogP) is 7.31. The number of nitrogens with zero attached hydrogens (tertiary/aromatic N) is 3. The van der Waals surface area contributed by atoms with Crippen LogP contribution in [0.25, 0.3) is 22.4 Å². The van der Waals surface area contributed by atoms with Gasteiger partial charge in [0.1, 0.15) is 11.1 Å². The minimum absolute atomic E-state index is 0.0814. The smallest absolute Gasteiger partial charge is 0.338 e. The molecule has 1 unspecified atom stereocenters. The molecule has 2 heterocycles. The Morgan fingerprint density at radius 3 is 2.40 bits per heavy atom. The summed E-state index contributed by atoms with van der Waals surface area (Å²) in [7, 11) is 0. The number of ketones is 1. The van der Waals surface area contributed by atoms with Gasteiger partial charge in [0.05, 0.1) is 27.8 Å². The number of fused-ring (bicyclic) bond motifs is 3. The predicted molar refractivity (Wildman–Crippen MR) is 182 cm³/mol. The molecule has 1 aromatic heterocycles. The van der Waals surface area contributed by atoms with Crippen LogP contribution in [0.15, 0.2) is 108 Å². The van der Waals surface area contributed by atoms with Crippen molar-refractivity contribution >= 4 is 52.6 Å². The van der Waals surface area contributed by atoms with Crippen LogP contribution in [-0.2, 0) is 20.7 Å². The zero-order valence-corrected chi connectivity index (χ0v) is 26.8. The van der Waals surface area contributed by atoms with Crippen molar-refractivity contribution in [1.29, 1.82) is 5.26 Å². The molecule has 1 aliphatic heterocycles. The van der Waals surface area contributed by atoms with E-state index in [-0.39, 0.29) is 17.8 Å². The zero-order chi connectivity index (χ0) is 33.4. The monoisotopic (exact) mass is 669 g/mol. The van der Waals surface area contributed by atoms with E-state index < -0.39 is 29.6 Å². The van der Waals surface area contributed by atoms with Gasteiger partial charge in [0.25, 0.3) is 0 Å². The van der Waals surface area contributed by atoms with E-state index in [4.69, 9.17) is 16.3 Å². The minimum Gasteiger partial charge on any atom is -0.454 e. The molecule has 1 atom stereocenters. The van der Waals surface area contributed by atoms with Gasteiger partial charge in [-0.2, -0.15) is 5.26 Å². The van der Waals surface area contributed by atoms with E-state index in [2.05, 4.69) is 23.2 Å². The van der Waals surface area contributed by atoms with E-state index in [1.165, 1.54) is 29.8 Å². The lowest BCUT2D eigenvalue weighted by molar-refractivity contribution is -0.121. The topological polar surface area (TPSA) is 117 Å². The summed E-state index contributed by atoms with van der Waals surface area (Å²) >= 11 is 7.07. The van der Waals surface area contributed by atoms with Gasteiger partial charge in [-0.15, -0.1) is 0 Å². The number of hydrogen-bond acceptors (Lipinski definition) is 8. The fourth-order valence-electron chi connectivity index (χ4n) is 5.86. The number of amides is 2. The number of esters is 1. The molecule has 0 N–H and O–H groups in total. The highest BCUT2D eigenvalue weighted by atomic mass is 35.5. The Kier molecular flexibility index (Phi) is 8.36. The first kappa shape index (κ1) is 31.1. The van der Waals surface area contributed by atoms with Crippen molar-refractivity contribution < 1.29 is 23.9 Å². The lowest BCUT2D eigenvalue weighted by atomic mass is 10.0. The first-order valence-corrected chi connectivity index (χ1v) is 16.3. The summed E-state index contributed by atoms with van der Waals surface area (Å²) in [6.45, 7) is -0.424. The number of hydrogen-bond donors (Lipinski definition) is 0. The average molecular weight is 670 g/mol. The zero-order valence-electron chi connectivity index (χ0n) is 25.2. The van der Waals surface area contributed by atoms with Gasteiger partial charge < -0.3 is 4.74 Å². The SMILES string of the molecule is N#Cc1ccc(-c2ccc(Cl)cc2)nc1SC1CC(=O)N(c2ccc(C(=O)OCC(=O)c3ccc4c(c3)Cc3ccccc3-4)cc2)C1=O. The highest BCUT2D eigenvalue weighted by Gasteiger charge is 2.41. The van der Waals surface area contributed by atoms with Crippen LogP contribution in [0.4, 0.5) is 5.69 Å². The van der Waals surface area contributed by atoms with E-state index in [9.17, 15) is 24.4 Å². The molecule has 1 aliphatic carbocycles. The van der Waals surface area contributed by atoms with Crippen LogP contribution in [0.1, 0.15) is 43.8 Å². The summed E-state index contributed by atoms with van der Waals surface area (Å²) in [4.78, 5) is 57.7. The van der Waals surface area contributed by atoms with Crippen LogP contribution >= 0.6 is 23.4 Å². The number of rotatable bonds is 8. The van der Waals surface area contributed by atoms with Gasteiger partial charge in [0.2, 0.25) is 11.8 Å². The molecule has 48 heavy (non-hydrogen) atoms. The summed E-state index contributed by atoms with van der Waals surface area (Å²) in [5.41, 5.74) is 7.15. The van der Waals surface area contributed by atoms with Gasteiger partial charge in [-0.1, -0.05) is 71.9 Å². The standard InChI is InChI=1S/C38H24ClN3O5S/c39-28-11-5-22(6-12-28)32-16-10-26(20-40)36(41-32)48-34-19-35(44)42(37(34)45)29-13-7-23(8-14-29)38(46)47-21-33(43)25-9-15-31-27(18-25)17-24-3-1-2-4-30(24)31/h1-16,18,34H,17,19,21H2. The van der Waals surface area contributed by atoms with Gasteiger partial charge in [-0.05, 0) is 83.3 Å². The Morgan fingerprint density at radius 1 is 0.896 bits per heavy atom. The first-order valence-electron chi connectivity index (χ1n) is 15.0. The molecule has 2 aliphatic rings. The Hall–Kier alpha value is -5.56. The number of Topliss-reactive ketones (excluding diaryl/α,β-unsaturated/α-hetero) is 1. The van der Waals surface area contributed by atoms with Gasteiger partial charge in [-0.25, -0.2) is 14.7 Å². The van der Waals surface area contributed by atoms with Crippen molar-refractivity contribution in [1.82, 2.24) is 4.98 Å². The summed E-state index contributed by atoms with van der Waals surface area (Å²) in [5, 5.41) is 9.79. The summed E-state index contributed by atoms with van der Waals surface area (Å²) < 4.78 is 5.31. The van der Waals surface area contributed by atoms with Crippen molar-refractivity contribution in [3.05, 3.63) is 136 Å². The number of carbonyl (C=O) groups is 4. The third-order valence-electron chi connectivity index (χ3n) is 8.29. The first-order chi connectivity index (χ1) is 23.3. The largest absolute Gasteiger partial charge is 0.454 e. The second-order valence-corrected chi connectivity index (χ2v) is 12.9. The number of thioether (sulfide) groups is 1. The molecule has 2 amide bonds. The van der Waals surface area contributed by atoms with Crippen molar-refractivity contribution in [3.8, 4) is 28.5 Å². The molecule has 0 bridgehead atoms. The molecule has 10 heteroatoms. The van der Waals surface area contributed by atoms with Crippen molar-refractivity contribution in [2.45, 2.75) is 23.1 Å². The second-order valence-electron chi connectivity index (χ2n) is 11.3. The van der Waals surface area contributed by atoms with Crippen LogP contribution in [-0.4, -0.2) is 40.4 Å². The molecule has 0 spiro atoms. The molecule has 5 aromatic rings. The molecule has 7 rings (SSSR count). The van der Waals surface area contributed by atoms with Crippen LogP contribution in [0.2, 0.25) is 5.02 Å². The molecule has 1 fully saturated rings. The fourth-order valence-corrected chi connectivity index (χ4v) is 7.08. The number of benzene rings is 4. The highest BCUT2D eigenvalue weighted by Crippen LogP contribution is 2.38. The van der Waals surface area contributed by atoms with Crippen LogP contribution < -0.4 is 4.90 Å². The van der Waals surface area contributed by atoms with Crippen LogP contribution in [0, 0.1) is 11.3 Å². The Bertz CT molecular complexity index is 2180. The van der Waals surface area contributed by atoms with E-state index in [0.29, 0.717) is 32.6 Å². The Balaban J connectivity index is 0.990. The molecular formula is C38H24ClN3O5S. The lowest BCUT2D eigenvalue weighted by Crippen LogP contribution is -2.31. The third-order valence-corrected chi connectivity index (χ3v) is 9.73. The molecule has 1 saturated heterocycles. The maximum absolute atomic E-state index is 13.4.